The summed E-state index contributed by atoms with van der Waals surface area (Å²) in [4.78, 5) is 4.10. The predicted octanol–water partition coefficient (Wildman–Crippen LogP) is 5.98. The molecule has 0 aliphatic heterocycles. The summed E-state index contributed by atoms with van der Waals surface area (Å²) in [5.74, 6) is 1.38. The molecule has 2 aromatic carbocycles. The van der Waals surface area contributed by atoms with Gasteiger partial charge >= 0.3 is 0 Å². The van der Waals surface area contributed by atoms with Gasteiger partial charge in [0.25, 0.3) is 0 Å². The molecule has 0 radical (unpaired) electrons. The minimum atomic E-state index is -3.43. The molecule has 0 aliphatic rings. The van der Waals surface area contributed by atoms with E-state index in [9.17, 15) is 13.7 Å². The Bertz CT molecular complexity index is 1380. The Morgan fingerprint density at radius 1 is 1.11 bits per heavy atom. The van der Waals surface area contributed by atoms with Crippen molar-refractivity contribution < 1.29 is 17.9 Å². The third-order valence-corrected chi connectivity index (χ3v) is 6.75. The number of nitriles is 1. The summed E-state index contributed by atoms with van der Waals surface area (Å²) >= 11 is 6.49. The summed E-state index contributed by atoms with van der Waals surface area (Å²) < 4.78 is 37.2. The van der Waals surface area contributed by atoms with Gasteiger partial charge in [0.1, 0.15) is 24.2 Å². The fraction of sp³-hybridized carbons (Fsp3) is 0.333. The zero-order valence-corrected chi connectivity index (χ0v) is 22.6. The number of hydrogen-bond acceptors (Lipinski definition) is 6. The lowest BCUT2D eigenvalue weighted by Crippen LogP contribution is -2.19. The molecule has 9 heteroatoms. The molecule has 0 amide bonds. The van der Waals surface area contributed by atoms with Gasteiger partial charge in [0.2, 0.25) is 10.0 Å². The highest BCUT2D eigenvalue weighted by Crippen LogP contribution is 2.38. The third kappa shape index (κ3) is 6.48. The van der Waals surface area contributed by atoms with E-state index in [4.69, 9.17) is 21.1 Å². The number of sulfonamides is 1. The molecule has 0 unspecified atom stereocenters. The van der Waals surface area contributed by atoms with Crippen molar-refractivity contribution in [3.63, 3.8) is 0 Å². The summed E-state index contributed by atoms with van der Waals surface area (Å²) in [5, 5.41) is 10.1. The Hall–Kier alpha value is -3.28. The quantitative estimate of drug-likeness (QED) is 0.348. The van der Waals surface area contributed by atoms with Crippen molar-refractivity contribution in [2.24, 2.45) is 0 Å². The minimum Gasteiger partial charge on any atom is -0.491 e. The highest BCUT2D eigenvalue weighted by molar-refractivity contribution is 7.92. The van der Waals surface area contributed by atoms with Crippen LogP contribution in [0.5, 0.6) is 11.5 Å². The Kier molecular flexibility index (Phi) is 8.49. The van der Waals surface area contributed by atoms with E-state index in [-0.39, 0.29) is 12.4 Å². The van der Waals surface area contributed by atoms with Gasteiger partial charge in [-0.2, -0.15) is 5.26 Å². The average Bonchev–Trinajstić information content (AvgIpc) is 2.82. The molecule has 1 N–H and O–H groups in total. The van der Waals surface area contributed by atoms with Crippen molar-refractivity contribution in [2.75, 3.05) is 17.6 Å². The Morgan fingerprint density at radius 2 is 1.81 bits per heavy atom. The molecule has 0 aliphatic carbocycles. The molecule has 1 aromatic heterocycles. The van der Waals surface area contributed by atoms with Crippen molar-refractivity contribution in [2.45, 2.75) is 46.1 Å². The number of aromatic nitrogens is 1. The average molecular weight is 528 g/mol. The smallest absolute Gasteiger partial charge is 0.230 e. The van der Waals surface area contributed by atoms with Crippen molar-refractivity contribution in [3.05, 3.63) is 81.5 Å². The van der Waals surface area contributed by atoms with Crippen LogP contribution in [0.3, 0.4) is 0 Å². The van der Waals surface area contributed by atoms with Crippen molar-refractivity contribution in [1.29, 1.82) is 5.26 Å². The highest BCUT2D eigenvalue weighted by Gasteiger charge is 2.26. The third-order valence-electron chi connectivity index (χ3n) is 5.90. The maximum Gasteiger partial charge on any atom is 0.230 e. The monoisotopic (exact) mass is 527 g/mol. The first-order valence-corrected chi connectivity index (χ1v) is 13.8. The van der Waals surface area contributed by atoms with Crippen molar-refractivity contribution in [1.82, 2.24) is 4.98 Å². The standard InChI is InChI=1S/C27H30ClN3O4S/c1-6-13-34-25-20(16-29)14-22(15-24(25)28)27(3,4)21-7-9-23(10-8-21)35-17-19-11-12-30-26(18(19)2)31-36(5,32)33/h7-12,14-15H,6,13,17H2,1-5H3,(H,30,31). The van der Waals surface area contributed by atoms with Crippen LogP contribution in [0, 0.1) is 18.3 Å². The van der Waals surface area contributed by atoms with Gasteiger partial charge in [-0.3, -0.25) is 4.72 Å². The maximum absolute atomic E-state index is 11.6. The van der Waals surface area contributed by atoms with Crippen LogP contribution in [0.2, 0.25) is 5.02 Å². The number of benzene rings is 2. The van der Waals surface area contributed by atoms with Crippen LogP contribution in [0.1, 0.15) is 55.0 Å². The van der Waals surface area contributed by atoms with Gasteiger partial charge in [-0.05, 0) is 65.9 Å². The largest absolute Gasteiger partial charge is 0.491 e. The molecule has 1 heterocycles. The fourth-order valence-corrected chi connectivity index (χ4v) is 4.53. The molecule has 0 bridgehead atoms. The number of ether oxygens (including phenoxy) is 2. The second-order valence-electron chi connectivity index (χ2n) is 9.05. The van der Waals surface area contributed by atoms with Crippen LogP contribution >= 0.6 is 11.6 Å². The van der Waals surface area contributed by atoms with Crippen molar-refractivity contribution >= 4 is 27.4 Å². The molecule has 0 spiro atoms. The van der Waals surface area contributed by atoms with Gasteiger partial charge < -0.3 is 9.47 Å². The summed E-state index contributed by atoms with van der Waals surface area (Å²) in [5.41, 5.74) is 3.44. The van der Waals surface area contributed by atoms with E-state index in [0.717, 1.165) is 29.4 Å². The molecule has 3 aromatic rings. The van der Waals surface area contributed by atoms with Crippen molar-refractivity contribution in [3.8, 4) is 17.6 Å². The topological polar surface area (TPSA) is 101 Å². The Labute approximate surface area is 218 Å². The lowest BCUT2D eigenvalue weighted by Gasteiger charge is -2.27. The number of pyridine rings is 1. The Morgan fingerprint density at radius 3 is 2.42 bits per heavy atom. The molecule has 0 atom stereocenters. The fourth-order valence-electron chi connectivity index (χ4n) is 3.69. The number of hydrogen-bond donors (Lipinski definition) is 1. The first kappa shape index (κ1) is 27.3. The van der Waals surface area contributed by atoms with Crippen LogP contribution in [0.4, 0.5) is 5.82 Å². The van der Waals surface area contributed by atoms with Crippen LogP contribution < -0.4 is 14.2 Å². The zero-order valence-electron chi connectivity index (χ0n) is 21.1. The molecule has 7 nitrogen and oxygen atoms in total. The van der Waals surface area contributed by atoms with Crippen LogP contribution in [-0.2, 0) is 22.0 Å². The van der Waals surface area contributed by atoms with Gasteiger partial charge in [-0.25, -0.2) is 13.4 Å². The number of halogens is 1. The number of nitrogens with zero attached hydrogens (tertiary/aromatic N) is 2. The van der Waals surface area contributed by atoms with Crippen LogP contribution in [-0.4, -0.2) is 26.3 Å². The zero-order chi connectivity index (χ0) is 26.5. The second kappa shape index (κ2) is 11.2. The summed E-state index contributed by atoms with van der Waals surface area (Å²) in [6.45, 7) is 8.68. The van der Waals surface area contributed by atoms with E-state index < -0.39 is 15.4 Å². The van der Waals surface area contributed by atoms with Gasteiger partial charge in [-0.15, -0.1) is 0 Å². The molecule has 36 heavy (non-hydrogen) atoms. The highest BCUT2D eigenvalue weighted by atomic mass is 35.5. The lowest BCUT2D eigenvalue weighted by molar-refractivity contribution is 0.305. The van der Waals surface area contributed by atoms with E-state index in [1.807, 2.05) is 43.3 Å². The molecule has 0 saturated carbocycles. The first-order chi connectivity index (χ1) is 17.0. The van der Waals surface area contributed by atoms with E-state index in [2.05, 4.69) is 29.6 Å². The molecular formula is C27H30ClN3O4S. The number of anilines is 1. The van der Waals surface area contributed by atoms with Gasteiger partial charge in [0, 0.05) is 11.6 Å². The molecule has 190 valence electrons. The molecule has 0 fully saturated rings. The SMILES string of the molecule is CCCOc1c(Cl)cc(C(C)(C)c2ccc(OCc3ccnc(NS(C)(=O)=O)c3C)cc2)cc1C#N. The Balaban J connectivity index is 1.78. The van der Waals surface area contributed by atoms with E-state index in [0.29, 0.717) is 34.3 Å². The van der Waals surface area contributed by atoms with Gasteiger partial charge in [0.05, 0.1) is 23.4 Å². The minimum absolute atomic E-state index is 0.260. The molecule has 3 rings (SSSR count). The normalized spacial score (nSPS) is 11.6. The predicted molar refractivity (Wildman–Crippen MR) is 142 cm³/mol. The van der Waals surface area contributed by atoms with Crippen LogP contribution in [0.25, 0.3) is 0 Å². The summed E-state index contributed by atoms with van der Waals surface area (Å²) in [6, 6.07) is 15.4. The lowest BCUT2D eigenvalue weighted by atomic mass is 9.77. The van der Waals surface area contributed by atoms with E-state index in [1.165, 1.54) is 0 Å². The van der Waals surface area contributed by atoms with Gasteiger partial charge in [-0.1, -0.05) is 44.5 Å². The maximum atomic E-state index is 11.6. The first-order valence-electron chi connectivity index (χ1n) is 11.5. The molecule has 0 saturated heterocycles. The van der Waals surface area contributed by atoms with Gasteiger partial charge in [0.15, 0.2) is 5.75 Å². The number of rotatable bonds is 10. The second-order valence-corrected chi connectivity index (χ2v) is 11.2. The molecular weight excluding hydrogens is 498 g/mol. The van der Waals surface area contributed by atoms with E-state index >= 15 is 0 Å². The summed E-state index contributed by atoms with van der Waals surface area (Å²) in [6.07, 6.45) is 3.45. The van der Waals surface area contributed by atoms with Crippen LogP contribution in [0.15, 0.2) is 48.7 Å². The number of nitrogens with one attached hydrogen (secondary N) is 1. The van der Waals surface area contributed by atoms with E-state index in [1.54, 1.807) is 19.2 Å². The summed E-state index contributed by atoms with van der Waals surface area (Å²) in [7, 11) is -3.43.